The van der Waals surface area contributed by atoms with Crippen LogP contribution in [0.1, 0.15) is 37.6 Å². The molecule has 0 amide bonds. The summed E-state index contributed by atoms with van der Waals surface area (Å²) in [6.45, 7) is 6.38. The van der Waals surface area contributed by atoms with Crippen LogP contribution in [0.2, 0.25) is 0 Å². The SMILES string of the molecule is CCN(CC)c1ccc(C=CC2=NN(c3ccc4ccccc4n3)C(c3ccc4ccccc4n3)C2)cc1. The van der Waals surface area contributed by atoms with Crippen LogP contribution in [0.5, 0.6) is 0 Å². The molecule has 0 radical (unpaired) electrons. The lowest BCUT2D eigenvalue weighted by molar-refractivity contribution is 0.682. The molecule has 0 spiro atoms. The molecule has 2 aromatic heterocycles. The molecular weight excluding hydrogens is 466 g/mol. The molecule has 1 unspecified atom stereocenters. The van der Waals surface area contributed by atoms with Crippen LogP contribution in [0.4, 0.5) is 11.5 Å². The largest absolute Gasteiger partial charge is 0.372 e. The molecule has 0 aliphatic carbocycles. The van der Waals surface area contributed by atoms with E-state index in [1.54, 1.807) is 0 Å². The van der Waals surface area contributed by atoms with Crippen molar-refractivity contribution in [3.05, 3.63) is 114 Å². The molecule has 5 nitrogen and oxygen atoms in total. The molecule has 0 fully saturated rings. The van der Waals surface area contributed by atoms with E-state index in [1.165, 1.54) is 5.69 Å². The van der Waals surface area contributed by atoms with Crippen LogP contribution >= 0.6 is 0 Å². The number of nitrogens with zero attached hydrogens (tertiary/aromatic N) is 5. The minimum atomic E-state index is -0.0297. The van der Waals surface area contributed by atoms with Crippen LogP contribution in [0.15, 0.2) is 108 Å². The number of para-hydroxylation sites is 2. The summed E-state index contributed by atoms with van der Waals surface area (Å²) in [5, 5.41) is 9.33. The van der Waals surface area contributed by atoms with E-state index in [2.05, 4.69) is 97.6 Å². The molecule has 5 heteroatoms. The van der Waals surface area contributed by atoms with E-state index in [0.29, 0.717) is 0 Å². The van der Waals surface area contributed by atoms with E-state index < -0.39 is 0 Å². The van der Waals surface area contributed by atoms with Gasteiger partial charge in [0.1, 0.15) is 11.9 Å². The predicted octanol–water partition coefficient (Wildman–Crippen LogP) is 7.65. The first kappa shape index (κ1) is 23.9. The third kappa shape index (κ3) is 4.75. The van der Waals surface area contributed by atoms with Crippen molar-refractivity contribution in [3.63, 3.8) is 0 Å². The topological polar surface area (TPSA) is 44.6 Å². The number of allylic oxidation sites excluding steroid dienone is 1. The zero-order valence-corrected chi connectivity index (χ0v) is 21.8. The minimum absolute atomic E-state index is 0.0297. The molecule has 38 heavy (non-hydrogen) atoms. The summed E-state index contributed by atoms with van der Waals surface area (Å²) in [5.74, 6) is 0.829. The third-order valence-electron chi connectivity index (χ3n) is 7.20. The molecular formula is C33H31N5. The zero-order chi connectivity index (χ0) is 25.9. The number of aromatic nitrogens is 2. The monoisotopic (exact) mass is 497 g/mol. The Kier molecular flexibility index (Phi) is 6.57. The second-order valence-electron chi connectivity index (χ2n) is 9.54. The Hall–Kier alpha value is -4.51. The lowest BCUT2D eigenvalue weighted by Crippen LogP contribution is -2.21. The van der Waals surface area contributed by atoms with E-state index in [9.17, 15) is 0 Å². The van der Waals surface area contributed by atoms with Crippen molar-refractivity contribution in [2.24, 2.45) is 5.10 Å². The number of fused-ring (bicyclic) bond motifs is 2. The van der Waals surface area contributed by atoms with Crippen molar-refractivity contribution in [1.82, 2.24) is 9.97 Å². The third-order valence-corrected chi connectivity index (χ3v) is 7.20. The maximum atomic E-state index is 5.04. The molecule has 188 valence electrons. The van der Waals surface area contributed by atoms with E-state index in [0.717, 1.165) is 64.1 Å². The van der Waals surface area contributed by atoms with Crippen LogP contribution in [0.3, 0.4) is 0 Å². The van der Waals surface area contributed by atoms with Crippen LogP contribution in [-0.4, -0.2) is 28.8 Å². The molecule has 3 aromatic carbocycles. The summed E-state index contributed by atoms with van der Waals surface area (Å²) < 4.78 is 0. The van der Waals surface area contributed by atoms with Crippen molar-refractivity contribution >= 4 is 45.1 Å². The lowest BCUT2D eigenvalue weighted by Gasteiger charge is -2.22. The van der Waals surface area contributed by atoms with Gasteiger partial charge in [-0.2, -0.15) is 5.10 Å². The van der Waals surface area contributed by atoms with Gasteiger partial charge >= 0.3 is 0 Å². The number of rotatable bonds is 7. The first-order valence-electron chi connectivity index (χ1n) is 13.3. The lowest BCUT2D eigenvalue weighted by atomic mass is 10.0. The van der Waals surface area contributed by atoms with Gasteiger partial charge < -0.3 is 4.90 Å². The van der Waals surface area contributed by atoms with Crippen molar-refractivity contribution < 1.29 is 0 Å². The highest BCUT2D eigenvalue weighted by atomic mass is 15.5. The van der Waals surface area contributed by atoms with E-state index in [4.69, 9.17) is 15.1 Å². The van der Waals surface area contributed by atoms with E-state index >= 15 is 0 Å². The Morgan fingerprint density at radius 2 is 1.39 bits per heavy atom. The van der Waals surface area contributed by atoms with E-state index in [-0.39, 0.29) is 6.04 Å². The Labute approximate surface area is 223 Å². The van der Waals surface area contributed by atoms with Crippen LogP contribution in [0.25, 0.3) is 27.9 Å². The highest BCUT2D eigenvalue weighted by molar-refractivity contribution is 6.01. The molecule has 0 N–H and O–H groups in total. The second kappa shape index (κ2) is 10.5. The number of anilines is 2. The fraction of sp³-hybridized carbons (Fsp3) is 0.182. The summed E-state index contributed by atoms with van der Waals surface area (Å²) in [7, 11) is 0. The normalized spacial score (nSPS) is 15.5. The first-order valence-corrected chi connectivity index (χ1v) is 13.3. The first-order chi connectivity index (χ1) is 18.7. The Morgan fingerprint density at radius 1 is 0.737 bits per heavy atom. The highest BCUT2D eigenvalue weighted by Gasteiger charge is 2.30. The summed E-state index contributed by atoms with van der Waals surface area (Å²) in [5.41, 5.74) is 6.37. The van der Waals surface area contributed by atoms with Gasteiger partial charge in [-0.05, 0) is 68.0 Å². The molecule has 0 bridgehead atoms. The van der Waals surface area contributed by atoms with Crippen molar-refractivity contribution in [1.29, 1.82) is 0 Å². The summed E-state index contributed by atoms with van der Waals surface area (Å²) >= 11 is 0. The Morgan fingerprint density at radius 3 is 2.11 bits per heavy atom. The van der Waals surface area contributed by atoms with E-state index in [1.807, 2.05) is 35.3 Å². The predicted molar refractivity (Wildman–Crippen MR) is 160 cm³/mol. The van der Waals surface area contributed by atoms with Crippen LogP contribution in [0, 0.1) is 0 Å². The molecule has 0 saturated carbocycles. The van der Waals surface area contributed by atoms with Gasteiger partial charge in [0.15, 0.2) is 0 Å². The van der Waals surface area contributed by atoms with Gasteiger partial charge in [0, 0.05) is 36.0 Å². The number of hydrogen-bond acceptors (Lipinski definition) is 5. The van der Waals surface area contributed by atoms with Crippen LogP contribution < -0.4 is 9.91 Å². The maximum absolute atomic E-state index is 5.04. The average Bonchev–Trinajstić information content (AvgIpc) is 3.41. The second-order valence-corrected chi connectivity index (χ2v) is 9.54. The molecule has 3 heterocycles. The number of pyridine rings is 2. The molecule has 6 rings (SSSR count). The summed E-state index contributed by atoms with van der Waals surface area (Å²) in [4.78, 5) is 12.3. The van der Waals surface area contributed by atoms with Crippen molar-refractivity contribution in [3.8, 4) is 0 Å². The van der Waals surface area contributed by atoms with Gasteiger partial charge in [0.05, 0.1) is 22.4 Å². The van der Waals surface area contributed by atoms with Gasteiger partial charge in [-0.3, -0.25) is 4.98 Å². The van der Waals surface area contributed by atoms with Gasteiger partial charge in [-0.1, -0.05) is 60.7 Å². The molecule has 0 saturated heterocycles. The van der Waals surface area contributed by atoms with Crippen LogP contribution in [-0.2, 0) is 0 Å². The van der Waals surface area contributed by atoms with Gasteiger partial charge in [0.25, 0.3) is 0 Å². The number of benzene rings is 3. The van der Waals surface area contributed by atoms with Gasteiger partial charge in [-0.15, -0.1) is 0 Å². The van der Waals surface area contributed by atoms with Gasteiger partial charge in [-0.25, -0.2) is 9.99 Å². The Bertz CT molecular complexity index is 1630. The van der Waals surface area contributed by atoms with Crippen molar-refractivity contribution in [2.45, 2.75) is 26.3 Å². The molecule has 1 atom stereocenters. The van der Waals surface area contributed by atoms with Gasteiger partial charge in [0.2, 0.25) is 0 Å². The molecule has 5 aromatic rings. The number of hydrazone groups is 1. The molecule has 1 aliphatic rings. The number of hydrogen-bond donors (Lipinski definition) is 0. The maximum Gasteiger partial charge on any atom is 0.150 e. The highest BCUT2D eigenvalue weighted by Crippen LogP contribution is 2.35. The zero-order valence-electron chi connectivity index (χ0n) is 21.8. The van der Waals surface area contributed by atoms with Crippen molar-refractivity contribution in [2.75, 3.05) is 23.0 Å². The summed E-state index contributed by atoms with van der Waals surface area (Å²) in [6.07, 6.45) is 5.03. The fourth-order valence-electron chi connectivity index (χ4n) is 5.10. The summed E-state index contributed by atoms with van der Waals surface area (Å²) in [6, 6.07) is 33.6. The smallest absolute Gasteiger partial charge is 0.150 e. The minimum Gasteiger partial charge on any atom is -0.372 e. The Balaban J connectivity index is 1.33. The standard InChI is InChI=1S/C33H31N5/c1-3-37(4-2)28-19-14-24(15-20-28)13-18-27-23-32(31-21-16-25-9-5-7-11-29(25)34-31)38(36-27)33-22-17-26-10-6-8-12-30(26)35-33/h5-22,32H,3-4,23H2,1-2H3. The quantitative estimate of drug-likeness (QED) is 0.232. The average molecular weight is 498 g/mol. The molecule has 1 aliphatic heterocycles. The fourth-order valence-corrected chi connectivity index (χ4v) is 5.10.